The van der Waals surface area contributed by atoms with Gasteiger partial charge in [-0.3, -0.25) is 0 Å². The predicted octanol–water partition coefficient (Wildman–Crippen LogP) is 2.82. The molecule has 0 bridgehead atoms. The summed E-state index contributed by atoms with van der Waals surface area (Å²) >= 11 is 3.27. The molecule has 3 heteroatoms. The third-order valence-electron chi connectivity index (χ3n) is 1.77. The lowest BCUT2D eigenvalue weighted by Crippen LogP contribution is -2.14. The van der Waals surface area contributed by atoms with Crippen LogP contribution in [0.3, 0.4) is 0 Å². The van der Waals surface area contributed by atoms with E-state index >= 15 is 0 Å². The third-order valence-corrected chi connectivity index (χ3v) is 2.40. The van der Waals surface area contributed by atoms with Gasteiger partial charge in [-0.1, -0.05) is 18.2 Å². The van der Waals surface area contributed by atoms with E-state index in [9.17, 15) is 5.11 Å². The Balaban J connectivity index is 2.51. The largest absolute Gasteiger partial charge is 0.507 e. The Bertz CT molecular complexity index is 336. The van der Waals surface area contributed by atoms with E-state index in [1.165, 1.54) is 0 Å². The Hall–Kier alpha value is -0.800. The zero-order valence-corrected chi connectivity index (χ0v) is 9.76. The molecular formula is C11H14BrNO. The number of rotatable bonds is 4. The highest BCUT2D eigenvalue weighted by molar-refractivity contribution is 9.10. The van der Waals surface area contributed by atoms with E-state index in [0.717, 1.165) is 28.7 Å². The van der Waals surface area contributed by atoms with Crippen LogP contribution in [0.2, 0.25) is 0 Å². The van der Waals surface area contributed by atoms with Crippen molar-refractivity contribution in [2.24, 2.45) is 0 Å². The van der Waals surface area contributed by atoms with Crippen molar-refractivity contribution in [1.82, 2.24) is 5.32 Å². The molecule has 0 fully saturated rings. The van der Waals surface area contributed by atoms with E-state index in [2.05, 4.69) is 27.8 Å². The zero-order valence-electron chi connectivity index (χ0n) is 8.18. The second-order valence-electron chi connectivity index (χ2n) is 3.35. The second-order valence-corrected chi connectivity index (χ2v) is 4.20. The Morgan fingerprint density at radius 3 is 2.86 bits per heavy atom. The minimum Gasteiger partial charge on any atom is -0.507 e. The minimum absolute atomic E-state index is 0.272. The van der Waals surface area contributed by atoms with Crippen LogP contribution in [0.25, 0.3) is 0 Å². The highest BCUT2D eigenvalue weighted by Crippen LogP contribution is 2.24. The van der Waals surface area contributed by atoms with Crippen molar-refractivity contribution in [2.45, 2.75) is 13.5 Å². The first-order valence-electron chi connectivity index (χ1n) is 4.42. The number of nitrogens with one attached hydrogen (secondary N) is 1. The van der Waals surface area contributed by atoms with Crippen LogP contribution in [-0.4, -0.2) is 11.7 Å². The second kappa shape index (κ2) is 5.17. The summed E-state index contributed by atoms with van der Waals surface area (Å²) in [6.07, 6.45) is 0. The highest BCUT2D eigenvalue weighted by atomic mass is 79.9. The summed E-state index contributed by atoms with van der Waals surface area (Å²) in [4.78, 5) is 0. The molecule has 0 amide bonds. The van der Waals surface area contributed by atoms with E-state index in [1.807, 2.05) is 19.1 Å². The van der Waals surface area contributed by atoms with Crippen molar-refractivity contribution in [2.75, 3.05) is 6.54 Å². The fourth-order valence-corrected chi connectivity index (χ4v) is 1.51. The number of hydrogen-bond donors (Lipinski definition) is 2. The van der Waals surface area contributed by atoms with Crippen LogP contribution in [0.15, 0.2) is 34.8 Å². The number of benzene rings is 1. The van der Waals surface area contributed by atoms with Crippen LogP contribution in [0.1, 0.15) is 12.5 Å². The molecule has 1 aromatic rings. The van der Waals surface area contributed by atoms with Gasteiger partial charge in [0.1, 0.15) is 5.75 Å². The molecule has 0 radical (unpaired) electrons. The van der Waals surface area contributed by atoms with Crippen LogP contribution in [0, 0.1) is 0 Å². The normalized spacial score (nSPS) is 10.1. The molecule has 76 valence electrons. The maximum Gasteiger partial charge on any atom is 0.129 e. The highest BCUT2D eigenvalue weighted by Gasteiger charge is 1.98. The summed E-state index contributed by atoms with van der Waals surface area (Å²) in [7, 11) is 0. The van der Waals surface area contributed by atoms with Crippen LogP contribution in [0.4, 0.5) is 0 Å². The van der Waals surface area contributed by atoms with E-state index in [0.29, 0.717) is 0 Å². The van der Waals surface area contributed by atoms with Crippen molar-refractivity contribution in [3.8, 4) is 5.75 Å². The fraction of sp³-hybridized carbons (Fsp3) is 0.273. The average Bonchev–Trinajstić information content (AvgIpc) is 2.10. The molecular weight excluding hydrogens is 242 g/mol. The predicted molar refractivity (Wildman–Crippen MR) is 62.3 cm³/mol. The maximum atomic E-state index is 9.28. The number of phenolic OH excluding ortho intramolecular Hbond substituents is 1. The Morgan fingerprint density at radius 2 is 2.29 bits per heavy atom. The first kappa shape index (κ1) is 11.3. The zero-order chi connectivity index (χ0) is 10.6. The lowest BCUT2D eigenvalue weighted by Gasteiger charge is -2.05. The Labute approximate surface area is 92.8 Å². The summed E-state index contributed by atoms with van der Waals surface area (Å²) in [6.45, 7) is 7.39. The number of hydrogen-bond acceptors (Lipinski definition) is 2. The number of halogens is 1. The summed E-state index contributed by atoms with van der Waals surface area (Å²) < 4.78 is 0.729. The molecule has 1 aromatic carbocycles. The fourth-order valence-electron chi connectivity index (χ4n) is 1.08. The standard InChI is InChI=1S/C11H14BrNO/c1-8(2)6-13-7-9-3-4-11(14)10(12)5-9/h3-5,13-14H,1,6-7H2,2H3. The first-order valence-corrected chi connectivity index (χ1v) is 5.21. The van der Waals surface area contributed by atoms with Crippen LogP contribution < -0.4 is 5.32 Å². The van der Waals surface area contributed by atoms with Gasteiger partial charge in [-0.05, 0) is 40.5 Å². The van der Waals surface area contributed by atoms with Gasteiger partial charge in [0.15, 0.2) is 0 Å². The number of aromatic hydroxyl groups is 1. The molecule has 0 unspecified atom stereocenters. The monoisotopic (exact) mass is 255 g/mol. The number of phenols is 1. The van der Waals surface area contributed by atoms with Crippen molar-refractivity contribution >= 4 is 15.9 Å². The van der Waals surface area contributed by atoms with Gasteiger partial charge in [0.2, 0.25) is 0 Å². The molecule has 14 heavy (non-hydrogen) atoms. The topological polar surface area (TPSA) is 32.3 Å². The molecule has 0 heterocycles. The summed E-state index contributed by atoms with van der Waals surface area (Å²) in [5, 5.41) is 12.5. The quantitative estimate of drug-likeness (QED) is 0.812. The van der Waals surface area contributed by atoms with Crippen molar-refractivity contribution in [1.29, 1.82) is 0 Å². The molecule has 2 nitrogen and oxygen atoms in total. The summed E-state index contributed by atoms with van der Waals surface area (Å²) in [5.41, 5.74) is 2.25. The van der Waals surface area contributed by atoms with Gasteiger partial charge >= 0.3 is 0 Å². The van der Waals surface area contributed by atoms with Crippen molar-refractivity contribution < 1.29 is 5.11 Å². The summed E-state index contributed by atoms with van der Waals surface area (Å²) in [5.74, 6) is 0.272. The molecule has 0 saturated heterocycles. The van der Waals surface area contributed by atoms with E-state index in [-0.39, 0.29) is 5.75 Å². The minimum atomic E-state index is 0.272. The lowest BCUT2D eigenvalue weighted by atomic mass is 10.2. The van der Waals surface area contributed by atoms with Gasteiger partial charge in [-0.25, -0.2) is 0 Å². The van der Waals surface area contributed by atoms with Crippen LogP contribution in [0.5, 0.6) is 5.75 Å². The molecule has 0 aromatic heterocycles. The van der Waals surface area contributed by atoms with Gasteiger partial charge in [-0.2, -0.15) is 0 Å². The van der Waals surface area contributed by atoms with Gasteiger partial charge in [0.25, 0.3) is 0 Å². The van der Waals surface area contributed by atoms with Crippen LogP contribution in [-0.2, 0) is 6.54 Å². The van der Waals surface area contributed by atoms with Gasteiger partial charge in [0, 0.05) is 13.1 Å². The molecule has 0 saturated carbocycles. The molecule has 1 rings (SSSR count). The maximum absolute atomic E-state index is 9.28. The molecule has 0 aliphatic rings. The SMILES string of the molecule is C=C(C)CNCc1ccc(O)c(Br)c1. The average molecular weight is 256 g/mol. The van der Waals surface area contributed by atoms with Gasteiger partial charge in [0.05, 0.1) is 4.47 Å². The Kier molecular flexibility index (Phi) is 4.17. The Morgan fingerprint density at radius 1 is 1.57 bits per heavy atom. The van der Waals surface area contributed by atoms with Crippen molar-refractivity contribution in [3.63, 3.8) is 0 Å². The molecule has 2 N–H and O–H groups in total. The third kappa shape index (κ3) is 3.52. The molecule has 0 aliphatic carbocycles. The van der Waals surface area contributed by atoms with E-state index in [4.69, 9.17) is 0 Å². The smallest absolute Gasteiger partial charge is 0.129 e. The van der Waals surface area contributed by atoms with E-state index in [1.54, 1.807) is 6.07 Å². The van der Waals surface area contributed by atoms with Crippen LogP contribution >= 0.6 is 15.9 Å². The van der Waals surface area contributed by atoms with Crippen molar-refractivity contribution in [3.05, 3.63) is 40.4 Å². The van der Waals surface area contributed by atoms with Gasteiger partial charge < -0.3 is 10.4 Å². The summed E-state index contributed by atoms with van der Waals surface area (Å²) in [6, 6.07) is 5.48. The van der Waals surface area contributed by atoms with E-state index < -0.39 is 0 Å². The molecule has 0 aliphatic heterocycles. The lowest BCUT2D eigenvalue weighted by molar-refractivity contribution is 0.471. The molecule has 0 spiro atoms. The molecule has 0 atom stereocenters. The first-order chi connectivity index (χ1) is 6.59. The van der Waals surface area contributed by atoms with Gasteiger partial charge in [-0.15, -0.1) is 0 Å².